The molecule has 126 valence electrons. The lowest BCUT2D eigenvalue weighted by atomic mass is 10.1. The third-order valence-corrected chi connectivity index (χ3v) is 3.97. The summed E-state index contributed by atoms with van der Waals surface area (Å²) in [5.74, 6) is -2.70. The molecule has 0 aliphatic rings. The van der Waals surface area contributed by atoms with Crippen LogP contribution in [0.25, 0.3) is 0 Å². The van der Waals surface area contributed by atoms with E-state index in [2.05, 4.69) is 10.3 Å². The first kappa shape index (κ1) is 17.0. The van der Waals surface area contributed by atoms with Crippen molar-refractivity contribution in [3.05, 3.63) is 94.3 Å². The average Bonchev–Trinajstić information content (AvgIpc) is 2.58. The van der Waals surface area contributed by atoms with Crippen molar-refractivity contribution in [1.82, 2.24) is 4.98 Å². The van der Waals surface area contributed by atoms with E-state index < -0.39 is 23.1 Å². The second-order valence-corrected chi connectivity index (χ2v) is 5.76. The number of hydrogen-bond donors (Lipinski definition) is 1. The molecule has 0 spiro atoms. The van der Waals surface area contributed by atoms with E-state index in [-0.39, 0.29) is 0 Å². The third kappa shape index (κ3) is 4.00. The van der Waals surface area contributed by atoms with Crippen LogP contribution in [0.3, 0.4) is 0 Å². The van der Waals surface area contributed by atoms with Gasteiger partial charge in [0.2, 0.25) is 0 Å². The minimum absolute atomic E-state index is 0.343. The SMILES string of the molecule is O=C(Nc1ccc(Cc2ccccc2Cl)nc1)c1c(F)cccc1F. The Morgan fingerprint density at radius 1 is 1.00 bits per heavy atom. The van der Waals surface area contributed by atoms with Crippen LogP contribution in [0.2, 0.25) is 5.02 Å². The van der Waals surface area contributed by atoms with E-state index in [1.807, 2.05) is 18.2 Å². The molecule has 0 bridgehead atoms. The van der Waals surface area contributed by atoms with Gasteiger partial charge in [-0.25, -0.2) is 8.78 Å². The number of benzene rings is 2. The number of halogens is 3. The third-order valence-electron chi connectivity index (χ3n) is 3.60. The van der Waals surface area contributed by atoms with Crippen molar-refractivity contribution in [2.75, 3.05) is 5.32 Å². The number of nitrogens with zero attached hydrogens (tertiary/aromatic N) is 1. The fourth-order valence-corrected chi connectivity index (χ4v) is 2.55. The summed E-state index contributed by atoms with van der Waals surface area (Å²) in [6, 6.07) is 14.0. The molecule has 0 saturated carbocycles. The molecule has 1 heterocycles. The molecule has 0 fully saturated rings. The minimum atomic E-state index is -0.916. The van der Waals surface area contributed by atoms with Gasteiger partial charge in [0.1, 0.15) is 17.2 Å². The van der Waals surface area contributed by atoms with Crippen molar-refractivity contribution in [3.8, 4) is 0 Å². The number of carbonyl (C=O) groups excluding carboxylic acids is 1. The van der Waals surface area contributed by atoms with Gasteiger partial charge < -0.3 is 5.32 Å². The summed E-state index contributed by atoms with van der Waals surface area (Å²) >= 11 is 6.12. The van der Waals surface area contributed by atoms with Crippen molar-refractivity contribution in [2.24, 2.45) is 0 Å². The molecule has 3 aromatic rings. The summed E-state index contributed by atoms with van der Waals surface area (Å²) < 4.78 is 27.2. The quantitative estimate of drug-likeness (QED) is 0.724. The van der Waals surface area contributed by atoms with Crippen LogP contribution in [0.1, 0.15) is 21.6 Å². The number of carbonyl (C=O) groups is 1. The molecule has 0 saturated heterocycles. The Morgan fingerprint density at radius 3 is 2.36 bits per heavy atom. The second kappa shape index (κ2) is 7.40. The largest absolute Gasteiger partial charge is 0.320 e. The fourth-order valence-electron chi connectivity index (χ4n) is 2.35. The van der Waals surface area contributed by atoms with Crippen molar-refractivity contribution >= 4 is 23.2 Å². The summed E-state index contributed by atoms with van der Waals surface area (Å²) in [5.41, 5.74) is 1.41. The summed E-state index contributed by atoms with van der Waals surface area (Å²) in [7, 11) is 0. The molecule has 3 rings (SSSR count). The topological polar surface area (TPSA) is 42.0 Å². The molecule has 25 heavy (non-hydrogen) atoms. The highest BCUT2D eigenvalue weighted by molar-refractivity contribution is 6.31. The minimum Gasteiger partial charge on any atom is -0.320 e. The van der Waals surface area contributed by atoms with Crippen LogP contribution in [0.15, 0.2) is 60.8 Å². The summed E-state index contributed by atoms with van der Waals surface area (Å²) in [5, 5.41) is 3.08. The van der Waals surface area contributed by atoms with E-state index in [0.29, 0.717) is 17.1 Å². The molecule has 2 aromatic carbocycles. The zero-order valence-electron chi connectivity index (χ0n) is 13.0. The van der Waals surface area contributed by atoms with E-state index in [9.17, 15) is 13.6 Å². The van der Waals surface area contributed by atoms with Gasteiger partial charge >= 0.3 is 0 Å². The number of amides is 1. The molecular weight excluding hydrogens is 346 g/mol. The number of anilines is 1. The Balaban J connectivity index is 1.73. The molecule has 0 radical (unpaired) electrons. The number of aromatic nitrogens is 1. The van der Waals surface area contributed by atoms with Gasteiger partial charge in [-0.05, 0) is 35.9 Å². The van der Waals surface area contributed by atoms with Gasteiger partial charge in [-0.2, -0.15) is 0 Å². The Morgan fingerprint density at radius 2 is 1.72 bits per heavy atom. The van der Waals surface area contributed by atoms with Crippen LogP contribution in [0.5, 0.6) is 0 Å². The Kier molecular flexibility index (Phi) is 5.05. The predicted molar refractivity (Wildman–Crippen MR) is 92.8 cm³/mol. The van der Waals surface area contributed by atoms with E-state index in [0.717, 1.165) is 23.4 Å². The first-order chi connectivity index (χ1) is 12.0. The smallest absolute Gasteiger partial charge is 0.261 e. The highest BCUT2D eigenvalue weighted by Crippen LogP contribution is 2.19. The van der Waals surface area contributed by atoms with Gasteiger partial charge in [0, 0.05) is 17.1 Å². The van der Waals surface area contributed by atoms with Crippen molar-refractivity contribution < 1.29 is 13.6 Å². The standard InChI is InChI=1S/C19H13ClF2N2O/c20-15-5-2-1-4-12(15)10-13-8-9-14(11-23-13)24-19(25)18-16(21)6-3-7-17(18)22/h1-9,11H,10H2,(H,24,25). The molecule has 3 nitrogen and oxygen atoms in total. The van der Waals surface area contributed by atoms with Gasteiger partial charge in [-0.15, -0.1) is 0 Å². The summed E-state index contributed by atoms with van der Waals surface area (Å²) in [6.45, 7) is 0. The molecule has 0 aliphatic carbocycles. The molecule has 1 amide bonds. The second-order valence-electron chi connectivity index (χ2n) is 5.36. The van der Waals surface area contributed by atoms with Crippen molar-refractivity contribution in [3.63, 3.8) is 0 Å². The maximum atomic E-state index is 13.6. The van der Waals surface area contributed by atoms with Gasteiger partial charge in [0.25, 0.3) is 5.91 Å². The number of pyridine rings is 1. The molecule has 1 N–H and O–H groups in total. The van der Waals surface area contributed by atoms with E-state index in [1.54, 1.807) is 18.2 Å². The van der Waals surface area contributed by atoms with Crippen molar-refractivity contribution in [2.45, 2.75) is 6.42 Å². The van der Waals surface area contributed by atoms with E-state index in [1.165, 1.54) is 12.3 Å². The first-order valence-electron chi connectivity index (χ1n) is 7.48. The number of nitrogens with one attached hydrogen (secondary N) is 1. The molecule has 6 heteroatoms. The lowest BCUT2D eigenvalue weighted by Crippen LogP contribution is -2.16. The number of rotatable bonds is 4. The van der Waals surface area contributed by atoms with Crippen molar-refractivity contribution in [1.29, 1.82) is 0 Å². The van der Waals surface area contributed by atoms with Gasteiger partial charge in [0.05, 0.1) is 11.9 Å². The molecule has 0 atom stereocenters. The lowest BCUT2D eigenvalue weighted by molar-refractivity contribution is 0.101. The van der Waals surface area contributed by atoms with Crippen LogP contribution in [0.4, 0.5) is 14.5 Å². The Labute approximate surface area is 148 Å². The van der Waals surface area contributed by atoms with E-state index >= 15 is 0 Å². The maximum absolute atomic E-state index is 13.6. The molecule has 0 aliphatic heterocycles. The fraction of sp³-hybridized carbons (Fsp3) is 0.0526. The normalized spacial score (nSPS) is 10.5. The zero-order chi connectivity index (χ0) is 17.8. The Bertz CT molecular complexity index is 893. The summed E-state index contributed by atoms with van der Waals surface area (Å²) in [4.78, 5) is 16.3. The van der Waals surface area contributed by atoms with Gasteiger partial charge in [-0.3, -0.25) is 9.78 Å². The van der Waals surface area contributed by atoms with Gasteiger partial charge in [0.15, 0.2) is 0 Å². The summed E-state index contributed by atoms with van der Waals surface area (Å²) in [6.07, 6.45) is 1.97. The maximum Gasteiger partial charge on any atom is 0.261 e. The van der Waals surface area contributed by atoms with Crippen LogP contribution >= 0.6 is 11.6 Å². The van der Waals surface area contributed by atoms with Crippen LogP contribution in [-0.2, 0) is 6.42 Å². The molecule has 1 aromatic heterocycles. The van der Waals surface area contributed by atoms with E-state index in [4.69, 9.17) is 11.6 Å². The average molecular weight is 359 g/mol. The Hall–Kier alpha value is -2.79. The molecule has 0 unspecified atom stereocenters. The first-order valence-corrected chi connectivity index (χ1v) is 7.86. The van der Waals surface area contributed by atoms with Crippen LogP contribution < -0.4 is 5.32 Å². The monoisotopic (exact) mass is 358 g/mol. The molecular formula is C19H13ClF2N2O. The predicted octanol–water partition coefficient (Wildman–Crippen LogP) is 4.86. The number of hydrogen-bond acceptors (Lipinski definition) is 2. The van der Waals surface area contributed by atoms with Crippen LogP contribution in [-0.4, -0.2) is 10.9 Å². The lowest BCUT2D eigenvalue weighted by Gasteiger charge is -2.08. The zero-order valence-corrected chi connectivity index (χ0v) is 13.7. The van der Waals surface area contributed by atoms with Gasteiger partial charge in [-0.1, -0.05) is 35.9 Å². The highest BCUT2D eigenvalue weighted by Gasteiger charge is 2.17. The highest BCUT2D eigenvalue weighted by atomic mass is 35.5. The van der Waals surface area contributed by atoms with Crippen LogP contribution in [0, 0.1) is 11.6 Å².